The molecule has 0 saturated carbocycles. The van der Waals surface area contributed by atoms with Crippen LogP contribution in [0.5, 0.6) is 11.5 Å². The molecule has 2 atom stereocenters. The summed E-state index contributed by atoms with van der Waals surface area (Å²) in [6.45, 7) is 2.37. The summed E-state index contributed by atoms with van der Waals surface area (Å²) in [6, 6.07) is 7.40. The summed E-state index contributed by atoms with van der Waals surface area (Å²) in [5.41, 5.74) is 8.15. The van der Waals surface area contributed by atoms with E-state index in [2.05, 4.69) is 5.10 Å². The Kier molecular flexibility index (Phi) is 3.78. The van der Waals surface area contributed by atoms with E-state index in [9.17, 15) is 0 Å². The number of ether oxygens (including phenoxy) is 2. The van der Waals surface area contributed by atoms with Crippen molar-refractivity contribution in [1.29, 1.82) is 0 Å². The molecule has 21 heavy (non-hydrogen) atoms. The van der Waals surface area contributed by atoms with Crippen molar-refractivity contribution in [3.05, 3.63) is 40.7 Å². The third-order valence-corrected chi connectivity index (χ3v) is 4.19. The molecule has 0 fully saturated rings. The molecule has 1 aromatic carbocycles. The number of fused-ring (bicyclic) bond motifs is 1. The Morgan fingerprint density at radius 3 is 2.81 bits per heavy atom. The SMILES string of the molecule is Cc1nn(C)c(Cl)c1CC(N)C1COc2ccccc2O1. The van der Waals surface area contributed by atoms with Crippen molar-refractivity contribution >= 4 is 11.6 Å². The van der Waals surface area contributed by atoms with Crippen LogP contribution in [0.3, 0.4) is 0 Å². The molecule has 2 N–H and O–H groups in total. The van der Waals surface area contributed by atoms with Crippen molar-refractivity contribution in [3.63, 3.8) is 0 Å². The molecule has 0 radical (unpaired) electrons. The summed E-state index contributed by atoms with van der Waals surface area (Å²) < 4.78 is 13.3. The van der Waals surface area contributed by atoms with Crippen molar-refractivity contribution in [2.45, 2.75) is 25.5 Å². The normalized spacial score (nSPS) is 18.6. The number of aromatic nitrogens is 2. The number of rotatable bonds is 3. The summed E-state index contributed by atoms with van der Waals surface area (Å²) in [5, 5.41) is 4.93. The molecule has 2 aromatic rings. The topological polar surface area (TPSA) is 62.3 Å². The summed E-state index contributed by atoms with van der Waals surface area (Å²) in [5.74, 6) is 1.50. The van der Waals surface area contributed by atoms with E-state index in [4.69, 9.17) is 26.8 Å². The van der Waals surface area contributed by atoms with Gasteiger partial charge in [0.2, 0.25) is 0 Å². The van der Waals surface area contributed by atoms with Gasteiger partial charge in [-0.15, -0.1) is 0 Å². The number of halogens is 1. The average Bonchev–Trinajstić information content (AvgIpc) is 2.73. The first-order valence-corrected chi connectivity index (χ1v) is 7.26. The lowest BCUT2D eigenvalue weighted by molar-refractivity contribution is 0.0722. The smallest absolute Gasteiger partial charge is 0.161 e. The highest BCUT2D eigenvalue weighted by Crippen LogP contribution is 2.32. The molecule has 1 aromatic heterocycles. The minimum atomic E-state index is -0.209. The van der Waals surface area contributed by atoms with Gasteiger partial charge in [-0.25, -0.2) is 0 Å². The molecule has 5 nitrogen and oxygen atoms in total. The molecule has 2 unspecified atom stereocenters. The lowest BCUT2D eigenvalue weighted by atomic mass is 10.0. The molecule has 0 amide bonds. The standard InChI is InChI=1S/C15H18ClN3O2/c1-9-10(15(16)19(2)18-9)7-11(17)14-8-20-12-5-3-4-6-13(12)21-14/h3-6,11,14H,7-8,17H2,1-2H3. The fourth-order valence-corrected chi connectivity index (χ4v) is 2.77. The highest BCUT2D eigenvalue weighted by molar-refractivity contribution is 6.30. The van der Waals surface area contributed by atoms with Crippen LogP contribution in [-0.2, 0) is 13.5 Å². The molecule has 0 spiro atoms. The van der Waals surface area contributed by atoms with Gasteiger partial charge in [0.1, 0.15) is 17.9 Å². The lowest BCUT2D eigenvalue weighted by Gasteiger charge is -2.30. The molecule has 0 aliphatic carbocycles. The third kappa shape index (κ3) is 2.71. The summed E-state index contributed by atoms with van der Waals surface area (Å²) in [6.07, 6.45) is 0.407. The van der Waals surface area contributed by atoms with Gasteiger partial charge in [0.25, 0.3) is 0 Å². The zero-order valence-corrected chi connectivity index (χ0v) is 12.8. The van der Waals surface area contributed by atoms with E-state index in [0.29, 0.717) is 18.2 Å². The fourth-order valence-electron chi connectivity index (χ4n) is 2.52. The maximum absolute atomic E-state index is 6.28. The molecule has 1 aliphatic heterocycles. The molecule has 1 aliphatic rings. The fraction of sp³-hybridized carbons (Fsp3) is 0.400. The Morgan fingerprint density at radius 2 is 2.14 bits per heavy atom. The van der Waals surface area contributed by atoms with Crippen molar-refractivity contribution in [2.75, 3.05) is 6.61 Å². The maximum atomic E-state index is 6.28. The van der Waals surface area contributed by atoms with Crippen LogP contribution in [0.2, 0.25) is 5.15 Å². The van der Waals surface area contributed by atoms with Crippen LogP contribution in [0, 0.1) is 6.92 Å². The maximum Gasteiger partial charge on any atom is 0.161 e. The van der Waals surface area contributed by atoms with Crippen LogP contribution in [0.4, 0.5) is 0 Å². The first kappa shape index (κ1) is 14.2. The summed E-state index contributed by atoms with van der Waals surface area (Å²) >= 11 is 6.25. The van der Waals surface area contributed by atoms with Gasteiger partial charge >= 0.3 is 0 Å². The largest absolute Gasteiger partial charge is 0.486 e. The van der Waals surface area contributed by atoms with Gasteiger partial charge in [0.15, 0.2) is 11.5 Å². The number of para-hydroxylation sites is 2. The van der Waals surface area contributed by atoms with Gasteiger partial charge in [-0.3, -0.25) is 4.68 Å². The Labute approximate surface area is 128 Å². The number of benzene rings is 1. The van der Waals surface area contributed by atoms with Crippen LogP contribution in [0.15, 0.2) is 24.3 Å². The van der Waals surface area contributed by atoms with Gasteiger partial charge in [0, 0.05) is 18.7 Å². The van der Waals surface area contributed by atoms with Crippen molar-refractivity contribution in [1.82, 2.24) is 9.78 Å². The minimum Gasteiger partial charge on any atom is -0.486 e. The van der Waals surface area contributed by atoms with E-state index in [1.54, 1.807) is 4.68 Å². The van der Waals surface area contributed by atoms with Gasteiger partial charge in [0.05, 0.1) is 5.69 Å². The summed E-state index contributed by atoms with van der Waals surface area (Å²) in [7, 11) is 1.82. The average molecular weight is 308 g/mol. The Morgan fingerprint density at radius 1 is 1.43 bits per heavy atom. The first-order valence-electron chi connectivity index (χ1n) is 6.88. The molecule has 0 bridgehead atoms. The van der Waals surface area contributed by atoms with Crippen molar-refractivity contribution in [2.24, 2.45) is 12.8 Å². The number of aryl methyl sites for hydroxylation is 2. The molecule has 112 valence electrons. The number of nitrogens with two attached hydrogens (primary N) is 1. The monoisotopic (exact) mass is 307 g/mol. The molecular formula is C15H18ClN3O2. The van der Waals surface area contributed by atoms with E-state index in [1.807, 2.05) is 38.2 Å². The zero-order valence-electron chi connectivity index (χ0n) is 12.0. The number of nitrogens with zero attached hydrogens (tertiary/aromatic N) is 2. The van der Waals surface area contributed by atoms with E-state index in [0.717, 1.165) is 22.8 Å². The second-order valence-electron chi connectivity index (χ2n) is 5.26. The lowest BCUT2D eigenvalue weighted by Crippen LogP contribution is -2.46. The second-order valence-corrected chi connectivity index (χ2v) is 5.62. The molecule has 0 saturated heterocycles. The number of hydrogen-bond acceptors (Lipinski definition) is 4. The van der Waals surface area contributed by atoms with E-state index >= 15 is 0 Å². The van der Waals surface area contributed by atoms with Gasteiger partial charge in [-0.1, -0.05) is 23.7 Å². The first-order chi connectivity index (χ1) is 10.1. The Hall–Kier alpha value is -1.72. The van der Waals surface area contributed by atoms with Crippen LogP contribution in [-0.4, -0.2) is 28.5 Å². The third-order valence-electron chi connectivity index (χ3n) is 3.72. The van der Waals surface area contributed by atoms with Crippen LogP contribution in [0.1, 0.15) is 11.3 Å². The van der Waals surface area contributed by atoms with Crippen molar-refractivity contribution < 1.29 is 9.47 Å². The van der Waals surface area contributed by atoms with Crippen molar-refractivity contribution in [3.8, 4) is 11.5 Å². The minimum absolute atomic E-state index is 0.199. The summed E-state index contributed by atoms with van der Waals surface area (Å²) in [4.78, 5) is 0. The highest BCUT2D eigenvalue weighted by atomic mass is 35.5. The number of hydrogen-bond donors (Lipinski definition) is 1. The molecule has 3 rings (SSSR count). The molecule has 6 heteroatoms. The Bertz CT molecular complexity index is 656. The van der Waals surface area contributed by atoms with Gasteiger partial charge in [-0.05, 0) is 25.5 Å². The highest BCUT2D eigenvalue weighted by Gasteiger charge is 2.28. The predicted molar refractivity (Wildman–Crippen MR) is 81.0 cm³/mol. The molecule has 2 heterocycles. The van der Waals surface area contributed by atoms with E-state index in [-0.39, 0.29) is 12.1 Å². The van der Waals surface area contributed by atoms with Crippen LogP contribution < -0.4 is 15.2 Å². The van der Waals surface area contributed by atoms with Gasteiger partial charge in [-0.2, -0.15) is 5.10 Å². The quantitative estimate of drug-likeness (QED) is 0.943. The molecular weight excluding hydrogens is 290 g/mol. The van der Waals surface area contributed by atoms with E-state index < -0.39 is 0 Å². The Balaban J connectivity index is 1.73. The van der Waals surface area contributed by atoms with E-state index in [1.165, 1.54) is 0 Å². The van der Waals surface area contributed by atoms with Crippen LogP contribution in [0.25, 0.3) is 0 Å². The van der Waals surface area contributed by atoms with Gasteiger partial charge < -0.3 is 15.2 Å². The predicted octanol–water partition coefficient (Wildman–Crippen LogP) is 2.09. The van der Waals surface area contributed by atoms with Crippen LogP contribution >= 0.6 is 11.6 Å². The zero-order chi connectivity index (χ0) is 15.0. The second kappa shape index (κ2) is 5.58.